The first kappa shape index (κ1) is 14.6. The molecule has 5 nitrogen and oxygen atoms in total. The fourth-order valence-corrected chi connectivity index (χ4v) is 1.20. The molecule has 1 heterocycles. The van der Waals surface area contributed by atoms with Crippen LogP contribution < -0.4 is 4.74 Å². The van der Waals surface area contributed by atoms with Crippen molar-refractivity contribution in [1.29, 1.82) is 5.26 Å². The largest absolute Gasteiger partial charge is 0.573 e. The zero-order chi connectivity index (χ0) is 14.8. The van der Waals surface area contributed by atoms with Gasteiger partial charge in [-0.15, -0.1) is 13.2 Å². The van der Waals surface area contributed by atoms with Crippen molar-refractivity contribution in [3.05, 3.63) is 23.0 Å². The van der Waals surface area contributed by atoms with Crippen molar-refractivity contribution < 1.29 is 36.6 Å². The maximum atomic E-state index is 12.5. The highest BCUT2D eigenvalue weighted by Crippen LogP contribution is 2.32. The van der Waals surface area contributed by atoms with Gasteiger partial charge in [0.1, 0.15) is 22.9 Å². The van der Waals surface area contributed by atoms with Crippen molar-refractivity contribution in [2.24, 2.45) is 0 Å². The lowest BCUT2D eigenvalue weighted by Gasteiger charge is -2.13. The summed E-state index contributed by atoms with van der Waals surface area (Å²) in [6.07, 6.45) is -8.35. The SMILES string of the molecule is N#Cc1c(OC(F)(F)F)cnc(C(F)F)c1C(=O)O. The fraction of sp³-hybridized carbons (Fsp3) is 0.222. The fourth-order valence-electron chi connectivity index (χ4n) is 1.20. The highest BCUT2D eigenvalue weighted by molar-refractivity contribution is 5.92. The van der Waals surface area contributed by atoms with E-state index < -0.39 is 41.3 Å². The molecule has 10 heteroatoms. The smallest absolute Gasteiger partial charge is 0.478 e. The average Bonchev–Trinajstić information content (AvgIpc) is 2.25. The second-order valence-corrected chi connectivity index (χ2v) is 3.02. The number of ether oxygens (including phenoxy) is 1. The first-order valence-corrected chi connectivity index (χ1v) is 4.37. The number of nitriles is 1. The molecule has 0 bridgehead atoms. The van der Waals surface area contributed by atoms with Gasteiger partial charge in [0.25, 0.3) is 6.43 Å². The minimum atomic E-state index is -5.21. The van der Waals surface area contributed by atoms with Gasteiger partial charge in [-0.1, -0.05) is 0 Å². The van der Waals surface area contributed by atoms with Gasteiger partial charge >= 0.3 is 12.3 Å². The van der Waals surface area contributed by atoms with Crippen LogP contribution in [0.4, 0.5) is 22.0 Å². The molecule has 0 saturated heterocycles. The molecule has 0 radical (unpaired) electrons. The minimum Gasteiger partial charge on any atom is -0.478 e. The number of carboxylic acids is 1. The monoisotopic (exact) mass is 282 g/mol. The number of hydrogen-bond acceptors (Lipinski definition) is 4. The molecular weight excluding hydrogens is 279 g/mol. The second-order valence-electron chi connectivity index (χ2n) is 3.02. The Balaban J connectivity index is 3.51. The quantitative estimate of drug-likeness (QED) is 0.861. The first-order chi connectivity index (χ1) is 8.67. The summed E-state index contributed by atoms with van der Waals surface area (Å²) in [4.78, 5) is 13.6. The standard InChI is InChI=1S/C9H3F5N2O3/c10-7(11)6-5(8(17)18)3(1-15)4(2-16-6)19-9(12,13)14/h2,7H,(H,17,18). The van der Waals surface area contributed by atoms with E-state index in [9.17, 15) is 26.7 Å². The topological polar surface area (TPSA) is 83.2 Å². The highest BCUT2D eigenvalue weighted by Gasteiger charge is 2.35. The summed E-state index contributed by atoms with van der Waals surface area (Å²) < 4.78 is 64.3. The van der Waals surface area contributed by atoms with E-state index in [0.29, 0.717) is 0 Å². The van der Waals surface area contributed by atoms with E-state index in [4.69, 9.17) is 10.4 Å². The summed E-state index contributed by atoms with van der Waals surface area (Å²) in [5, 5.41) is 17.3. The Labute approximate surface area is 101 Å². The number of aromatic nitrogens is 1. The Morgan fingerprint density at radius 2 is 2.05 bits per heavy atom. The molecule has 19 heavy (non-hydrogen) atoms. The lowest BCUT2D eigenvalue weighted by atomic mass is 10.1. The molecule has 0 spiro atoms. The number of rotatable bonds is 3. The molecular formula is C9H3F5N2O3. The van der Waals surface area contributed by atoms with E-state index in [1.54, 1.807) is 0 Å². The van der Waals surface area contributed by atoms with Crippen molar-refractivity contribution >= 4 is 5.97 Å². The van der Waals surface area contributed by atoms with Crippen molar-refractivity contribution in [1.82, 2.24) is 4.98 Å². The summed E-state index contributed by atoms with van der Waals surface area (Å²) in [7, 11) is 0. The van der Waals surface area contributed by atoms with Gasteiger partial charge < -0.3 is 9.84 Å². The van der Waals surface area contributed by atoms with Gasteiger partial charge in [0, 0.05) is 0 Å². The molecule has 0 aliphatic carbocycles. The summed E-state index contributed by atoms with van der Waals surface area (Å²) >= 11 is 0. The number of carboxylic acid groups (broad SMARTS) is 1. The summed E-state index contributed by atoms with van der Waals surface area (Å²) in [6, 6.07) is 1.08. The lowest BCUT2D eigenvalue weighted by molar-refractivity contribution is -0.274. The van der Waals surface area contributed by atoms with Gasteiger partial charge in [-0.05, 0) is 0 Å². The Hall–Kier alpha value is -2.44. The third-order valence-corrected chi connectivity index (χ3v) is 1.83. The molecule has 0 saturated carbocycles. The lowest BCUT2D eigenvalue weighted by Crippen LogP contribution is -2.20. The molecule has 1 aromatic rings. The number of carbonyl (C=O) groups is 1. The van der Waals surface area contributed by atoms with Crippen LogP contribution in [0.2, 0.25) is 0 Å². The third kappa shape index (κ3) is 3.27. The molecule has 102 valence electrons. The van der Waals surface area contributed by atoms with Gasteiger partial charge in [0.15, 0.2) is 5.75 Å². The Bertz CT molecular complexity index is 550. The normalized spacial score (nSPS) is 11.2. The predicted molar refractivity (Wildman–Crippen MR) is 47.6 cm³/mol. The summed E-state index contributed by atoms with van der Waals surface area (Å²) in [6.45, 7) is 0. The molecule has 0 atom stereocenters. The van der Waals surface area contributed by atoms with E-state index in [1.807, 2.05) is 0 Å². The maximum absolute atomic E-state index is 12.5. The zero-order valence-electron chi connectivity index (χ0n) is 8.70. The minimum absolute atomic E-state index is 0.222. The maximum Gasteiger partial charge on any atom is 0.573 e. The Morgan fingerprint density at radius 3 is 2.42 bits per heavy atom. The molecule has 1 rings (SSSR count). The first-order valence-electron chi connectivity index (χ1n) is 4.37. The number of alkyl halides is 5. The van der Waals surface area contributed by atoms with Gasteiger partial charge in [-0.3, -0.25) is 4.98 Å². The van der Waals surface area contributed by atoms with Crippen LogP contribution in [0, 0.1) is 11.3 Å². The van der Waals surface area contributed by atoms with Crippen LogP contribution >= 0.6 is 0 Å². The van der Waals surface area contributed by atoms with E-state index in [0.717, 1.165) is 6.07 Å². The zero-order valence-corrected chi connectivity index (χ0v) is 8.70. The number of pyridine rings is 1. The van der Waals surface area contributed by atoms with Crippen molar-refractivity contribution in [2.75, 3.05) is 0 Å². The molecule has 0 aliphatic heterocycles. The van der Waals surface area contributed by atoms with Gasteiger partial charge in [-0.25, -0.2) is 13.6 Å². The molecule has 1 N–H and O–H groups in total. The van der Waals surface area contributed by atoms with Gasteiger partial charge in [0.2, 0.25) is 0 Å². The van der Waals surface area contributed by atoms with E-state index in [2.05, 4.69) is 9.72 Å². The van der Waals surface area contributed by atoms with E-state index >= 15 is 0 Å². The number of nitrogens with zero attached hydrogens (tertiary/aromatic N) is 2. The van der Waals surface area contributed by atoms with Gasteiger partial charge in [0.05, 0.1) is 6.20 Å². The third-order valence-electron chi connectivity index (χ3n) is 1.83. The number of hydrogen-bond donors (Lipinski definition) is 1. The van der Waals surface area contributed by atoms with Gasteiger partial charge in [-0.2, -0.15) is 5.26 Å². The summed E-state index contributed by atoms with van der Waals surface area (Å²) in [5.74, 6) is -3.26. The molecule has 0 aromatic carbocycles. The Morgan fingerprint density at radius 1 is 1.47 bits per heavy atom. The number of aromatic carboxylic acids is 1. The van der Waals surface area contributed by atoms with Crippen LogP contribution in [0.5, 0.6) is 5.75 Å². The molecule has 0 amide bonds. The average molecular weight is 282 g/mol. The van der Waals surface area contributed by atoms with Crippen molar-refractivity contribution in [3.8, 4) is 11.8 Å². The van der Waals surface area contributed by atoms with Crippen LogP contribution in [0.1, 0.15) is 28.0 Å². The van der Waals surface area contributed by atoms with Crippen LogP contribution in [0.25, 0.3) is 0 Å². The summed E-state index contributed by atoms with van der Waals surface area (Å²) in [5.41, 5.74) is -3.80. The second kappa shape index (κ2) is 5.05. The highest BCUT2D eigenvalue weighted by atomic mass is 19.4. The van der Waals surface area contributed by atoms with Crippen molar-refractivity contribution in [3.63, 3.8) is 0 Å². The number of halogens is 5. The van der Waals surface area contributed by atoms with Crippen LogP contribution in [0.15, 0.2) is 6.20 Å². The van der Waals surface area contributed by atoms with E-state index in [-0.39, 0.29) is 6.20 Å². The van der Waals surface area contributed by atoms with Crippen molar-refractivity contribution in [2.45, 2.75) is 12.8 Å². The van der Waals surface area contributed by atoms with E-state index in [1.165, 1.54) is 0 Å². The molecule has 0 aliphatic rings. The Kier molecular flexibility index (Phi) is 3.89. The predicted octanol–water partition coefficient (Wildman–Crippen LogP) is 2.49. The van der Waals surface area contributed by atoms with Crippen LogP contribution in [-0.4, -0.2) is 22.4 Å². The van der Waals surface area contributed by atoms with Crippen LogP contribution in [-0.2, 0) is 0 Å². The molecule has 0 fully saturated rings. The van der Waals surface area contributed by atoms with Crippen LogP contribution in [0.3, 0.4) is 0 Å². The molecule has 0 unspecified atom stereocenters. The molecule has 1 aromatic heterocycles.